The highest BCUT2D eigenvalue weighted by molar-refractivity contribution is 5.94. The van der Waals surface area contributed by atoms with Gasteiger partial charge in [-0.15, -0.1) is 0 Å². The molecular weight excluding hydrogens is 278 g/mol. The number of hydrogen-bond donors (Lipinski definition) is 0. The molecule has 0 radical (unpaired) electrons. The maximum Gasteiger partial charge on any atom is 0.400 e. The van der Waals surface area contributed by atoms with Crippen LogP contribution in [0.25, 0.3) is 21.9 Å². The van der Waals surface area contributed by atoms with Crippen LogP contribution in [0.2, 0.25) is 0 Å². The van der Waals surface area contributed by atoms with Crippen LogP contribution in [0.1, 0.15) is 10.7 Å². The van der Waals surface area contributed by atoms with Gasteiger partial charge in [-0.3, -0.25) is 0 Å². The third-order valence-electron chi connectivity index (χ3n) is 3.42. The van der Waals surface area contributed by atoms with E-state index >= 15 is 0 Å². The summed E-state index contributed by atoms with van der Waals surface area (Å²) in [4.78, 5) is 16.4. The van der Waals surface area contributed by atoms with Crippen molar-refractivity contribution >= 4 is 27.8 Å². The Hall–Kier alpha value is -3.14. The van der Waals surface area contributed by atoms with E-state index in [0.717, 1.165) is 10.8 Å². The molecule has 22 heavy (non-hydrogen) atoms. The van der Waals surface area contributed by atoms with E-state index < -0.39 is 5.97 Å². The lowest BCUT2D eigenvalue weighted by Crippen LogP contribution is -2.08. The highest BCUT2D eigenvalue weighted by atomic mass is 16.5. The van der Waals surface area contributed by atoms with E-state index in [0.29, 0.717) is 16.8 Å². The normalized spacial score (nSPS) is 10.9. The highest BCUT2D eigenvalue weighted by Gasteiger charge is 2.17. The lowest BCUT2D eigenvalue weighted by atomic mass is 10.1. The Morgan fingerprint density at radius 1 is 0.909 bits per heavy atom. The lowest BCUT2D eigenvalue weighted by molar-refractivity contribution is 0.0698. The van der Waals surface area contributed by atoms with Crippen molar-refractivity contribution in [3.05, 3.63) is 72.6 Å². The number of ether oxygens (including phenoxy) is 1. The topological polar surface area (TPSA) is 52.3 Å². The Labute approximate surface area is 126 Å². The van der Waals surface area contributed by atoms with Crippen molar-refractivity contribution in [1.82, 2.24) is 4.98 Å². The first-order valence-corrected chi connectivity index (χ1v) is 6.87. The SMILES string of the molecule is O=C(Oc1cccc2ccccc12)c1nc2ccccc2o1. The van der Waals surface area contributed by atoms with Crippen molar-refractivity contribution in [2.45, 2.75) is 0 Å². The number of para-hydroxylation sites is 2. The van der Waals surface area contributed by atoms with Crippen LogP contribution in [-0.2, 0) is 0 Å². The van der Waals surface area contributed by atoms with Gasteiger partial charge in [0.2, 0.25) is 0 Å². The van der Waals surface area contributed by atoms with Crippen LogP contribution >= 0.6 is 0 Å². The first-order chi connectivity index (χ1) is 10.8. The number of carbonyl (C=O) groups excluding carboxylic acids is 1. The van der Waals surface area contributed by atoms with Crippen LogP contribution in [0.3, 0.4) is 0 Å². The second-order valence-electron chi connectivity index (χ2n) is 4.85. The Kier molecular flexibility index (Phi) is 2.86. The van der Waals surface area contributed by atoms with Crippen LogP contribution in [0.4, 0.5) is 0 Å². The van der Waals surface area contributed by atoms with Gasteiger partial charge in [0.1, 0.15) is 11.3 Å². The van der Waals surface area contributed by atoms with Gasteiger partial charge in [-0.05, 0) is 23.6 Å². The smallest absolute Gasteiger partial charge is 0.400 e. The molecule has 0 aliphatic heterocycles. The second-order valence-corrected chi connectivity index (χ2v) is 4.85. The van der Waals surface area contributed by atoms with Crippen LogP contribution in [0, 0.1) is 0 Å². The van der Waals surface area contributed by atoms with Gasteiger partial charge in [0.05, 0.1) is 0 Å². The number of carbonyl (C=O) groups is 1. The van der Waals surface area contributed by atoms with Crippen LogP contribution in [0.15, 0.2) is 71.1 Å². The molecule has 4 aromatic rings. The maximum atomic E-state index is 12.2. The quantitative estimate of drug-likeness (QED) is 0.410. The fourth-order valence-corrected chi connectivity index (χ4v) is 2.39. The first-order valence-electron chi connectivity index (χ1n) is 6.87. The molecule has 1 heterocycles. The molecule has 0 spiro atoms. The zero-order valence-corrected chi connectivity index (χ0v) is 11.5. The van der Waals surface area contributed by atoms with Crippen LogP contribution < -0.4 is 4.74 Å². The van der Waals surface area contributed by atoms with E-state index in [1.165, 1.54) is 0 Å². The summed E-state index contributed by atoms with van der Waals surface area (Å²) in [5.74, 6) is -0.160. The standard InChI is InChI=1S/C18H11NO3/c20-18(17-19-14-9-3-4-10-16(14)21-17)22-15-11-5-7-12-6-1-2-8-13(12)15/h1-11H. The number of esters is 1. The van der Waals surface area contributed by atoms with E-state index in [4.69, 9.17) is 9.15 Å². The fraction of sp³-hybridized carbons (Fsp3) is 0. The number of hydrogen-bond acceptors (Lipinski definition) is 4. The predicted molar refractivity (Wildman–Crippen MR) is 82.9 cm³/mol. The minimum Gasteiger partial charge on any atom is -0.431 e. The number of nitrogens with zero attached hydrogens (tertiary/aromatic N) is 1. The van der Waals surface area contributed by atoms with E-state index in [2.05, 4.69) is 4.98 Å². The van der Waals surface area contributed by atoms with Gasteiger partial charge >= 0.3 is 11.9 Å². The zero-order valence-electron chi connectivity index (χ0n) is 11.5. The molecule has 0 bridgehead atoms. The number of rotatable bonds is 2. The molecule has 4 rings (SSSR count). The van der Waals surface area contributed by atoms with Crippen molar-refractivity contribution in [2.75, 3.05) is 0 Å². The van der Waals surface area contributed by atoms with Gasteiger partial charge in [-0.1, -0.05) is 48.5 Å². The summed E-state index contributed by atoms with van der Waals surface area (Å²) in [6, 6.07) is 20.5. The average Bonchev–Trinajstić information content (AvgIpc) is 2.99. The fourth-order valence-electron chi connectivity index (χ4n) is 2.39. The third-order valence-corrected chi connectivity index (χ3v) is 3.42. The number of fused-ring (bicyclic) bond motifs is 2. The minimum absolute atomic E-state index is 0.0471. The van der Waals surface area contributed by atoms with Gasteiger partial charge in [-0.25, -0.2) is 9.78 Å². The molecule has 4 heteroatoms. The summed E-state index contributed by atoms with van der Waals surface area (Å²) in [6.07, 6.45) is 0. The number of aromatic nitrogens is 1. The molecule has 0 amide bonds. The maximum absolute atomic E-state index is 12.2. The van der Waals surface area contributed by atoms with Gasteiger partial charge < -0.3 is 9.15 Å². The van der Waals surface area contributed by atoms with Gasteiger partial charge in [0.25, 0.3) is 0 Å². The third kappa shape index (κ3) is 2.11. The van der Waals surface area contributed by atoms with Crippen molar-refractivity contribution in [3.8, 4) is 5.75 Å². The molecular formula is C18H11NO3. The van der Waals surface area contributed by atoms with E-state index in [1.54, 1.807) is 18.2 Å². The van der Waals surface area contributed by atoms with E-state index in [1.807, 2.05) is 48.5 Å². The molecule has 0 N–H and O–H groups in total. The Balaban J connectivity index is 1.71. The molecule has 0 saturated carbocycles. The highest BCUT2D eigenvalue weighted by Crippen LogP contribution is 2.26. The lowest BCUT2D eigenvalue weighted by Gasteiger charge is -2.05. The number of oxazole rings is 1. The van der Waals surface area contributed by atoms with Crippen molar-refractivity contribution in [2.24, 2.45) is 0 Å². The molecule has 106 valence electrons. The van der Waals surface area contributed by atoms with Crippen molar-refractivity contribution < 1.29 is 13.9 Å². The van der Waals surface area contributed by atoms with E-state index in [9.17, 15) is 4.79 Å². The molecule has 0 atom stereocenters. The largest absolute Gasteiger partial charge is 0.431 e. The summed E-state index contributed by atoms with van der Waals surface area (Å²) < 4.78 is 10.9. The summed E-state index contributed by atoms with van der Waals surface area (Å²) in [5, 5.41) is 1.87. The van der Waals surface area contributed by atoms with E-state index in [-0.39, 0.29) is 5.89 Å². The molecule has 0 unspecified atom stereocenters. The summed E-state index contributed by atoms with van der Waals surface area (Å²) in [6.45, 7) is 0. The molecule has 3 aromatic carbocycles. The van der Waals surface area contributed by atoms with Gasteiger partial charge in [0.15, 0.2) is 5.58 Å². The van der Waals surface area contributed by atoms with Crippen LogP contribution in [0.5, 0.6) is 5.75 Å². The monoisotopic (exact) mass is 289 g/mol. The summed E-state index contributed by atoms with van der Waals surface area (Å²) >= 11 is 0. The Morgan fingerprint density at radius 3 is 2.59 bits per heavy atom. The molecule has 0 fully saturated rings. The molecule has 1 aromatic heterocycles. The van der Waals surface area contributed by atoms with Gasteiger partial charge in [-0.2, -0.15) is 0 Å². The summed E-state index contributed by atoms with van der Waals surface area (Å²) in [5.41, 5.74) is 1.19. The first kappa shape index (κ1) is 12.6. The van der Waals surface area contributed by atoms with Gasteiger partial charge in [0, 0.05) is 5.39 Å². The van der Waals surface area contributed by atoms with Crippen LogP contribution in [-0.4, -0.2) is 11.0 Å². The second kappa shape index (κ2) is 5.00. The minimum atomic E-state index is -0.604. The molecule has 4 nitrogen and oxygen atoms in total. The Bertz CT molecular complexity index is 949. The predicted octanol–water partition coefficient (Wildman–Crippen LogP) is 4.20. The Morgan fingerprint density at radius 2 is 1.68 bits per heavy atom. The zero-order chi connectivity index (χ0) is 14.9. The molecule has 0 aliphatic rings. The number of benzene rings is 3. The molecule has 0 saturated heterocycles. The molecule has 0 aliphatic carbocycles. The van der Waals surface area contributed by atoms with Crippen molar-refractivity contribution in [1.29, 1.82) is 0 Å². The van der Waals surface area contributed by atoms with Crippen molar-refractivity contribution in [3.63, 3.8) is 0 Å². The summed E-state index contributed by atoms with van der Waals surface area (Å²) in [7, 11) is 0. The average molecular weight is 289 g/mol.